The van der Waals surface area contributed by atoms with Crippen LogP contribution >= 0.6 is 11.6 Å². The zero-order valence-electron chi connectivity index (χ0n) is 27.1. The summed E-state index contributed by atoms with van der Waals surface area (Å²) in [5.74, 6) is -9.19. The number of nitrogens with one attached hydrogen (secondary N) is 1. The summed E-state index contributed by atoms with van der Waals surface area (Å²) in [4.78, 5) is 70.6. The standard InChI is InChI=1S/C39H29ClFN3O8/c40-21-5-3-20(4-6-21)39-30(35(48)44(38(39)52)42-23-9-7-22(41)8-10-23)18-29-26(33(39)19-1-12-25(45)13-2-19)15-16-28-32(29)36(49)43(34(28)47)24-11-14-27(37(50)51)31(46)17-24/h1-15,17,28-30,32-33,42,45-46H,16,18H2,(H,50,51). The first-order valence-corrected chi connectivity index (χ1v) is 16.9. The van der Waals surface area contributed by atoms with Gasteiger partial charge in [0.25, 0.3) is 11.8 Å². The number of phenols is 2. The van der Waals surface area contributed by atoms with Crippen LogP contribution in [0.4, 0.5) is 15.8 Å². The average Bonchev–Trinajstić information content (AvgIpc) is 3.50. The number of aromatic carboxylic acids is 1. The zero-order chi connectivity index (χ0) is 36.6. The van der Waals surface area contributed by atoms with Gasteiger partial charge in [-0.2, -0.15) is 5.01 Å². The van der Waals surface area contributed by atoms with Crippen LogP contribution < -0.4 is 10.3 Å². The highest BCUT2D eigenvalue weighted by molar-refractivity contribution is 6.30. The van der Waals surface area contributed by atoms with Crippen LogP contribution in [0.25, 0.3) is 0 Å². The molecule has 6 unspecified atom stereocenters. The number of hydrogen-bond acceptors (Lipinski definition) is 8. The maximum atomic E-state index is 15.1. The largest absolute Gasteiger partial charge is 0.508 e. The van der Waals surface area contributed by atoms with Crippen molar-refractivity contribution in [3.63, 3.8) is 0 Å². The molecule has 2 aliphatic carbocycles. The molecule has 2 aliphatic heterocycles. The second-order valence-corrected chi connectivity index (χ2v) is 13.9. The molecule has 13 heteroatoms. The molecule has 2 heterocycles. The summed E-state index contributed by atoms with van der Waals surface area (Å²) in [6.07, 6.45) is 2.00. The van der Waals surface area contributed by atoms with E-state index >= 15 is 4.79 Å². The van der Waals surface area contributed by atoms with Crippen molar-refractivity contribution in [2.45, 2.75) is 24.2 Å². The third-order valence-electron chi connectivity index (χ3n) is 11.0. The van der Waals surface area contributed by atoms with Crippen LogP contribution in [0.5, 0.6) is 11.5 Å². The van der Waals surface area contributed by atoms with Gasteiger partial charge in [-0.1, -0.05) is 47.5 Å². The molecule has 4 aromatic rings. The summed E-state index contributed by atoms with van der Waals surface area (Å²) in [7, 11) is 0. The van der Waals surface area contributed by atoms with Crippen molar-refractivity contribution < 1.29 is 43.7 Å². The molecule has 0 spiro atoms. The lowest BCUT2D eigenvalue weighted by atomic mass is 9.49. The van der Waals surface area contributed by atoms with Gasteiger partial charge in [0.1, 0.15) is 22.9 Å². The van der Waals surface area contributed by atoms with E-state index in [0.29, 0.717) is 21.7 Å². The Balaban J connectivity index is 1.29. The van der Waals surface area contributed by atoms with E-state index in [0.717, 1.165) is 22.0 Å². The number of carboxylic acid groups (broad SMARTS) is 1. The van der Waals surface area contributed by atoms with Gasteiger partial charge in [-0.3, -0.25) is 24.6 Å². The van der Waals surface area contributed by atoms with Crippen molar-refractivity contribution >= 4 is 52.6 Å². The summed E-state index contributed by atoms with van der Waals surface area (Å²) in [5.41, 5.74) is 2.97. The first-order chi connectivity index (χ1) is 24.9. The van der Waals surface area contributed by atoms with Crippen LogP contribution in [-0.4, -0.2) is 49.9 Å². The second kappa shape index (κ2) is 12.1. The Morgan fingerprint density at radius 2 is 1.54 bits per heavy atom. The van der Waals surface area contributed by atoms with Crippen molar-refractivity contribution in [2.24, 2.45) is 23.7 Å². The summed E-state index contributed by atoms with van der Waals surface area (Å²) < 4.78 is 13.8. The Labute approximate surface area is 300 Å². The Kier molecular flexibility index (Phi) is 7.68. The summed E-state index contributed by atoms with van der Waals surface area (Å²) in [6, 6.07) is 21.6. The van der Waals surface area contributed by atoms with E-state index in [1.807, 2.05) is 6.08 Å². The number of allylic oxidation sites excluding steroid dienone is 2. The Hall–Kier alpha value is -6.01. The fraction of sp³-hybridized carbons (Fsp3) is 0.205. The molecule has 4 amide bonds. The van der Waals surface area contributed by atoms with Crippen molar-refractivity contribution in [2.75, 3.05) is 10.3 Å². The number of hydrazine groups is 1. The molecule has 4 aromatic carbocycles. The van der Waals surface area contributed by atoms with Crippen LogP contribution in [0.2, 0.25) is 5.02 Å². The quantitative estimate of drug-likeness (QED) is 0.143. The van der Waals surface area contributed by atoms with Gasteiger partial charge in [0.15, 0.2) is 0 Å². The second-order valence-electron chi connectivity index (χ2n) is 13.5. The van der Waals surface area contributed by atoms with E-state index in [9.17, 15) is 38.9 Å². The van der Waals surface area contributed by atoms with Gasteiger partial charge in [-0.15, -0.1) is 0 Å². The number of nitrogens with zero attached hydrogens (tertiary/aromatic N) is 2. The van der Waals surface area contributed by atoms with Crippen molar-refractivity contribution in [3.8, 4) is 11.5 Å². The molecule has 0 aromatic heterocycles. The number of hydrogen-bond donors (Lipinski definition) is 4. The SMILES string of the molecule is O=C(O)c1ccc(N2C(=O)C3CC=C4C(CC5C(=O)N(Nc6ccc(F)cc6)C(=O)C5(c5ccc(Cl)cc5)C4c4ccc(O)cc4)C3C2=O)cc1O. The predicted octanol–water partition coefficient (Wildman–Crippen LogP) is 5.78. The third kappa shape index (κ3) is 4.81. The number of amides is 4. The Bertz CT molecular complexity index is 2230. The molecular formula is C39H29ClFN3O8. The molecule has 4 N–H and O–H groups in total. The van der Waals surface area contributed by atoms with Crippen molar-refractivity contribution in [1.82, 2.24) is 5.01 Å². The maximum Gasteiger partial charge on any atom is 0.339 e. The molecular weight excluding hydrogens is 693 g/mol. The predicted molar refractivity (Wildman–Crippen MR) is 185 cm³/mol. The van der Waals surface area contributed by atoms with Crippen LogP contribution in [0.15, 0.2) is 103 Å². The van der Waals surface area contributed by atoms with Gasteiger partial charge >= 0.3 is 5.97 Å². The minimum absolute atomic E-state index is 0.00639. The highest BCUT2D eigenvalue weighted by Gasteiger charge is 2.70. The van der Waals surface area contributed by atoms with Gasteiger partial charge in [0.2, 0.25) is 11.8 Å². The lowest BCUT2D eigenvalue weighted by molar-refractivity contribution is -0.138. The number of benzene rings is 4. The fourth-order valence-electron chi connectivity index (χ4n) is 8.79. The van der Waals surface area contributed by atoms with E-state index in [1.54, 1.807) is 36.4 Å². The van der Waals surface area contributed by atoms with Gasteiger partial charge in [0.05, 0.1) is 34.5 Å². The minimum Gasteiger partial charge on any atom is -0.508 e. The van der Waals surface area contributed by atoms with E-state index in [2.05, 4.69) is 5.43 Å². The molecule has 0 radical (unpaired) electrons. The first-order valence-electron chi connectivity index (χ1n) is 16.5. The monoisotopic (exact) mass is 721 g/mol. The fourth-order valence-corrected chi connectivity index (χ4v) is 8.92. The summed E-state index contributed by atoms with van der Waals surface area (Å²) in [6.45, 7) is 0. The van der Waals surface area contributed by atoms with Crippen LogP contribution in [0.1, 0.15) is 40.2 Å². The molecule has 6 atom stereocenters. The Morgan fingerprint density at radius 3 is 2.19 bits per heavy atom. The molecule has 262 valence electrons. The molecule has 2 saturated heterocycles. The molecule has 52 heavy (non-hydrogen) atoms. The van der Waals surface area contributed by atoms with Crippen molar-refractivity contribution in [1.29, 1.82) is 0 Å². The number of carbonyl (C=O) groups excluding carboxylic acids is 4. The number of carbonyl (C=O) groups is 5. The molecule has 11 nitrogen and oxygen atoms in total. The third-order valence-corrected chi connectivity index (χ3v) is 11.2. The molecule has 1 saturated carbocycles. The normalized spacial score (nSPS) is 26.5. The van der Waals surface area contributed by atoms with E-state index in [-0.39, 0.29) is 30.0 Å². The van der Waals surface area contributed by atoms with E-state index in [1.165, 1.54) is 42.5 Å². The Morgan fingerprint density at radius 1 is 0.846 bits per heavy atom. The minimum atomic E-state index is -1.58. The molecule has 8 rings (SSSR count). The van der Waals surface area contributed by atoms with E-state index in [4.69, 9.17) is 11.6 Å². The van der Waals surface area contributed by atoms with E-state index < -0.39 is 81.7 Å². The molecule has 3 fully saturated rings. The number of anilines is 2. The summed E-state index contributed by atoms with van der Waals surface area (Å²) in [5, 5.41) is 31.4. The number of aromatic hydroxyl groups is 2. The van der Waals surface area contributed by atoms with Crippen molar-refractivity contribution in [3.05, 3.63) is 130 Å². The summed E-state index contributed by atoms with van der Waals surface area (Å²) >= 11 is 6.31. The van der Waals surface area contributed by atoms with Crippen LogP contribution in [0, 0.1) is 29.5 Å². The highest BCUT2D eigenvalue weighted by atomic mass is 35.5. The molecule has 0 bridgehead atoms. The average molecular weight is 722 g/mol. The van der Waals surface area contributed by atoms with Gasteiger partial charge in [-0.05, 0) is 90.6 Å². The van der Waals surface area contributed by atoms with Crippen LogP contribution in [0.3, 0.4) is 0 Å². The maximum absolute atomic E-state index is 15.1. The van der Waals surface area contributed by atoms with Gasteiger partial charge < -0.3 is 15.3 Å². The number of rotatable bonds is 6. The highest BCUT2D eigenvalue weighted by Crippen LogP contribution is 2.64. The zero-order valence-corrected chi connectivity index (χ0v) is 27.8. The topological polar surface area (TPSA) is 165 Å². The lowest BCUT2D eigenvalue weighted by Crippen LogP contribution is -2.53. The number of fused-ring (bicyclic) bond motifs is 4. The first kappa shape index (κ1) is 33.2. The smallest absolute Gasteiger partial charge is 0.339 e. The lowest BCUT2D eigenvalue weighted by Gasteiger charge is -2.50. The van der Waals surface area contributed by atoms with Gasteiger partial charge in [0, 0.05) is 17.0 Å². The van der Waals surface area contributed by atoms with Gasteiger partial charge in [-0.25, -0.2) is 14.1 Å². The number of carboxylic acids is 1. The van der Waals surface area contributed by atoms with Crippen LogP contribution in [-0.2, 0) is 24.6 Å². The number of phenolic OH excluding ortho intramolecular Hbond substituents is 1. The number of imide groups is 2. The molecule has 4 aliphatic rings. The number of halogens is 2.